The molecule has 0 fully saturated rings. The smallest absolute Gasteiger partial charge is 0.262 e. The zero-order valence-electron chi connectivity index (χ0n) is 13.1. The Morgan fingerprint density at radius 1 is 1.17 bits per heavy atom. The number of para-hydroxylation sites is 1. The number of fused-ring (bicyclic) bond motifs is 1. The van der Waals surface area contributed by atoms with E-state index in [0.717, 1.165) is 11.3 Å². The van der Waals surface area contributed by atoms with Gasteiger partial charge in [-0.1, -0.05) is 18.2 Å². The molecule has 0 unspecified atom stereocenters. The average Bonchev–Trinajstić information content (AvgIpc) is 2.76. The van der Waals surface area contributed by atoms with Gasteiger partial charge in [-0.25, -0.2) is 0 Å². The van der Waals surface area contributed by atoms with Crippen LogP contribution in [0, 0.1) is 0 Å². The molecule has 0 radical (unpaired) electrons. The zero-order valence-corrected chi connectivity index (χ0v) is 13.1. The quantitative estimate of drug-likeness (QED) is 0.912. The standard InChI is InChI=1S/C18H18N2O3/c1-18(2)14-10-12(8-9-15(14)20-17(18)22)19-16(21)11-23-13-6-4-3-5-7-13/h3-10H,11H2,1-2H3,(H,19,21)(H,20,22). The van der Waals surface area contributed by atoms with E-state index in [1.807, 2.05) is 38.1 Å². The highest BCUT2D eigenvalue weighted by atomic mass is 16.5. The molecule has 0 spiro atoms. The highest BCUT2D eigenvalue weighted by Gasteiger charge is 2.38. The molecule has 0 aromatic heterocycles. The summed E-state index contributed by atoms with van der Waals surface area (Å²) in [6.07, 6.45) is 0. The van der Waals surface area contributed by atoms with Crippen LogP contribution in [-0.2, 0) is 15.0 Å². The van der Waals surface area contributed by atoms with Crippen LogP contribution in [0.5, 0.6) is 5.75 Å². The molecule has 3 rings (SSSR count). The minimum atomic E-state index is -0.601. The van der Waals surface area contributed by atoms with Crippen molar-refractivity contribution in [2.24, 2.45) is 0 Å². The summed E-state index contributed by atoms with van der Waals surface area (Å²) in [6.45, 7) is 3.65. The first kappa shape index (κ1) is 15.1. The number of amides is 2. The molecule has 5 heteroatoms. The van der Waals surface area contributed by atoms with Gasteiger partial charge in [-0.15, -0.1) is 0 Å². The minimum absolute atomic E-state index is 0.0385. The molecule has 5 nitrogen and oxygen atoms in total. The Bertz CT molecular complexity index is 754. The summed E-state index contributed by atoms with van der Waals surface area (Å²) in [4.78, 5) is 23.9. The molecule has 23 heavy (non-hydrogen) atoms. The lowest BCUT2D eigenvalue weighted by Gasteiger charge is -2.16. The van der Waals surface area contributed by atoms with Crippen LogP contribution in [0.25, 0.3) is 0 Å². The number of hydrogen-bond acceptors (Lipinski definition) is 3. The third-order valence-electron chi connectivity index (χ3n) is 3.91. The van der Waals surface area contributed by atoms with Gasteiger partial charge >= 0.3 is 0 Å². The lowest BCUT2D eigenvalue weighted by Crippen LogP contribution is -2.27. The second-order valence-corrected chi connectivity index (χ2v) is 5.99. The van der Waals surface area contributed by atoms with Gasteiger partial charge in [0.25, 0.3) is 5.91 Å². The van der Waals surface area contributed by atoms with Gasteiger partial charge in [0.05, 0.1) is 5.41 Å². The fourth-order valence-corrected chi connectivity index (χ4v) is 2.51. The maximum atomic E-state index is 12.0. The van der Waals surface area contributed by atoms with Crippen molar-refractivity contribution in [3.63, 3.8) is 0 Å². The summed E-state index contributed by atoms with van der Waals surface area (Å²) in [5.74, 6) is 0.361. The fraction of sp³-hybridized carbons (Fsp3) is 0.222. The van der Waals surface area contributed by atoms with Crippen LogP contribution >= 0.6 is 0 Å². The van der Waals surface area contributed by atoms with E-state index in [1.165, 1.54) is 0 Å². The molecular weight excluding hydrogens is 292 g/mol. The van der Waals surface area contributed by atoms with Gasteiger partial charge in [-0.2, -0.15) is 0 Å². The maximum Gasteiger partial charge on any atom is 0.262 e. The van der Waals surface area contributed by atoms with E-state index in [1.54, 1.807) is 24.3 Å². The van der Waals surface area contributed by atoms with Crippen LogP contribution in [0.4, 0.5) is 11.4 Å². The summed E-state index contributed by atoms with van der Waals surface area (Å²) in [5.41, 5.74) is 1.72. The number of hydrogen-bond donors (Lipinski definition) is 2. The van der Waals surface area contributed by atoms with Crippen molar-refractivity contribution < 1.29 is 14.3 Å². The Labute approximate surface area is 134 Å². The fourth-order valence-electron chi connectivity index (χ4n) is 2.51. The SMILES string of the molecule is CC1(C)C(=O)Nc2ccc(NC(=O)COc3ccccc3)cc21. The zero-order chi connectivity index (χ0) is 16.4. The monoisotopic (exact) mass is 310 g/mol. The molecular formula is C18H18N2O3. The molecule has 0 saturated carbocycles. The molecule has 1 aliphatic heterocycles. The number of ether oxygens (including phenoxy) is 1. The highest BCUT2D eigenvalue weighted by Crippen LogP contribution is 2.38. The molecule has 0 bridgehead atoms. The van der Waals surface area contributed by atoms with E-state index < -0.39 is 5.41 Å². The van der Waals surface area contributed by atoms with E-state index in [-0.39, 0.29) is 18.4 Å². The number of anilines is 2. The van der Waals surface area contributed by atoms with Crippen LogP contribution in [0.2, 0.25) is 0 Å². The molecule has 2 N–H and O–H groups in total. The molecule has 1 aliphatic rings. The van der Waals surface area contributed by atoms with Crippen molar-refractivity contribution >= 4 is 23.2 Å². The Kier molecular flexibility index (Phi) is 3.78. The predicted octanol–water partition coefficient (Wildman–Crippen LogP) is 2.93. The van der Waals surface area contributed by atoms with Gasteiger partial charge in [0.15, 0.2) is 6.61 Å². The van der Waals surface area contributed by atoms with Gasteiger partial charge in [0.1, 0.15) is 5.75 Å². The van der Waals surface area contributed by atoms with Gasteiger partial charge in [-0.05, 0) is 49.7 Å². The van der Waals surface area contributed by atoms with Gasteiger partial charge in [0.2, 0.25) is 5.91 Å². The first-order valence-corrected chi connectivity index (χ1v) is 7.40. The lowest BCUT2D eigenvalue weighted by atomic mass is 9.86. The van der Waals surface area contributed by atoms with Crippen LogP contribution in [0.1, 0.15) is 19.4 Å². The summed E-state index contributed by atoms with van der Waals surface area (Å²) in [6, 6.07) is 14.6. The van der Waals surface area contributed by atoms with Crippen molar-refractivity contribution in [1.82, 2.24) is 0 Å². The van der Waals surface area contributed by atoms with Crippen molar-refractivity contribution in [3.8, 4) is 5.75 Å². The van der Waals surface area contributed by atoms with E-state index in [4.69, 9.17) is 4.74 Å². The lowest BCUT2D eigenvalue weighted by molar-refractivity contribution is -0.120. The molecule has 2 aromatic carbocycles. The average molecular weight is 310 g/mol. The van der Waals surface area contributed by atoms with E-state index in [9.17, 15) is 9.59 Å². The van der Waals surface area contributed by atoms with Crippen molar-refractivity contribution in [3.05, 3.63) is 54.1 Å². The van der Waals surface area contributed by atoms with E-state index >= 15 is 0 Å². The third kappa shape index (κ3) is 3.04. The Balaban J connectivity index is 1.66. The van der Waals surface area contributed by atoms with Crippen molar-refractivity contribution in [2.75, 3.05) is 17.2 Å². The minimum Gasteiger partial charge on any atom is -0.484 e. The molecule has 118 valence electrons. The summed E-state index contributed by atoms with van der Waals surface area (Å²) < 4.78 is 5.41. The van der Waals surface area contributed by atoms with Crippen molar-refractivity contribution in [1.29, 1.82) is 0 Å². The maximum absolute atomic E-state index is 12.0. The summed E-state index contributed by atoms with van der Waals surface area (Å²) in [7, 11) is 0. The molecule has 1 heterocycles. The topological polar surface area (TPSA) is 67.4 Å². The van der Waals surface area contributed by atoms with Gasteiger partial charge in [0, 0.05) is 11.4 Å². The Morgan fingerprint density at radius 3 is 2.65 bits per heavy atom. The number of carbonyl (C=O) groups excluding carboxylic acids is 2. The van der Waals surface area contributed by atoms with E-state index in [0.29, 0.717) is 11.4 Å². The van der Waals surface area contributed by atoms with Crippen LogP contribution in [-0.4, -0.2) is 18.4 Å². The molecule has 2 aromatic rings. The number of benzene rings is 2. The highest BCUT2D eigenvalue weighted by molar-refractivity contribution is 6.06. The molecule has 0 saturated heterocycles. The van der Waals surface area contributed by atoms with Crippen LogP contribution in [0.3, 0.4) is 0 Å². The molecule has 2 amide bonds. The largest absolute Gasteiger partial charge is 0.484 e. The summed E-state index contributed by atoms with van der Waals surface area (Å²) in [5, 5.41) is 5.63. The van der Waals surface area contributed by atoms with Crippen molar-refractivity contribution in [2.45, 2.75) is 19.3 Å². The predicted molar refractivity (Wildman–Crippen MR) is 88.7 cm³/mol. The van der Waals surface area contributed by atoms with Gasteiger partial charge in [-0.3, -0.25) is 9.59 Å². The molecule has 0 atom stereocenters. The van der Waals surface area contributed by atoms with Crippen LogP contribution in [0.15, 0.2) is 48.5 Å². The van der Waals surface area contributed by atoms with Gasteiger partial charge < -0.3 is 15.4 Å². The molecule has 0 aliphatic carbocycles. The Morgan fingerprint density at radius 2 is 1.91 bits per heavy atom. The number of rotatable bonds is 4. The van der Waals surface area contributed by atoms with Crippen LogP contribution < -0.4 is 15.4 Å². The first-order chi connectivity index (χ1) is 11.0. The second-order valence-electron chi connectivity index (χ2n) is 5.99. The number of nitrogens with one attached hydrogen (secondary N) is 2. The summed E-state index contributed by atoms with van der Waals surface area (Å²) >= 11 is 0. The number of carbonyl (C=O) groups is 2. The first-order valence-electron chi connectivity index (χ1n) is 7.40. The third-order valence-corrected chi connectivity index (χ3v) is 3.91. The second kappa shape index (κ2) is 5.76. The Hall–Kier alpha value is -2.82. The normalized spacial score (nSPS) is 14.8. The van der Waals surface area contributed by atoms with E-state index in [2.05, 4.69) is 10.6 Å².